The number of fused-ring (bicyclic) bond motifs is 1. The number of H-pyrrole nitrogens is 1. The first-order valence-corrected chi connectivity index (χ1v) is 6.04. The maximum absolute atomic E-state index is 13.4. The Balaban J connectivity index is 2.45. The molecule has 2 aromatic rings. The first kappa shape index (κ1) is 11.4. The van der Waals surface area contributed by atoms with Crippen LogP contribution in [0.1, 0.15) is 18.9 Å². The molecule has 1 aliphatic rings. The summed E-state index contributed by atoms with van der Waals surface area (Å²) in [5, 5.41) is 0.271. The maximum Gasteiger partial charge on any atom is 0.262 e. The van der Waals surface area contributed by atoms with Crippen molar-refractivity contribution in [3.8, 4) is 5.75 Å². The van der Waals surface area contributed by atoms with Crippen molar-refractivity contribution in [3.63, 3.8) is 0 Å². The largest absolute Gasteiger partial charge is 0.494 e. The monoisotopic (exact) mass is 266 g/mol. The molecule has 94 valence electrons. The van der Waals surface area contributed by atoms with Gasteiger partial charge in [-0.2, -0.15) is 0 Å². The summed E-state index contributed by atoms with van der Waals surface area (Å²) in [5.41, 5.74) is 0.194. The van der Waals surface area contributed by atoms with Gasteiger partial charge in [0.1, 0.15) is 11.6 Å². The molecule has 0 radical (unpaired) electrons. The lowest BCUT2D eigenvalue weighted by atomic mass is 10.2. The number of benzene rings is 1. The zero-order valence-electron chi connectivity index (χ0n) is 9.70. The molecule has 1 aliphatic carbocycles. The van der Waals surface area contributed by atoms with Crippen molar-refractivity contribution in [1.29, 1.82) is 0 Å². The molecule has 3 rings (SSSR count). The Hall–Kier alpha value is -1.69. The van der Waals surface area contributed by atoms with Crippen LogP contribution < -0.4 is 10.3 Å². The quantitative estimate of drug-likeness (QED) is 0.850. The summed E-state index contributed by atoms with van der Waals surface area (Å²) < 4.78 is 20.4. The number of aromatic nitrogens is 2. The molecule has 1 heterocycles. The van der Waals surface area contributed by atoms with Crippen molar-refractivity contribution in [3.05, 3.63) is 33.1 Å². The average Bonchev–Trinajstić information content (AvgIpc) is 3.14. The Kier molecular flexibility index (Phi) is 2.48. The van der Waals surface area contributed by atoms with E-state index in [1.165, 1.54) is 23.8 Å². The highest BCUT2D eigenvalue weighted by molar-refractivity contribution is 7.71. The van der Waals surface area contributed by atoms with Crippen LogP contribution in [0.3, 0.4) is 0 Å². The number of rotatable bonds is 2. The summed E-state index contributed by atoms with van der Waals surface area (Å²) in [4.78, 5) is 15.3. The predicted molar refractivity (Wildman–Crippen MR) is 68.2 cm³/mol. The molecule has 0 aliphatic heterocycles. The van der Waals surface area contributed by atoms with E-state index in [9.17, 15) is 9.18 Å². The number of hydrogen-bond donors (Lipinski definition) is 1. The molecule has 1 fully saturated rings. The number of halogens is 1. The summed E-state index contributed by atoms with van der Waals surface area (Å²) in [6.45, 7) is 0. The summed E-state index contributed by atoms with van der Waals surface area (Å²) >= 11 is 5.18. The number of ether oxygens (including phenoxy) is 1. The van der Waals surface area contributed by atoms with Gasteiger partial charge < -0.3 is 9.72 Å². The van der Waals surface area contributed by atoms with Gasteiger partial charge in [0.15, 0.2) is 4.77 Å². The standard InChI is InChI=1S/C12H11FN2O2S/c1-17-9-5-6(13)4-8-10(9)14-12(18)15(11(8)16)7-2-3-7/h4-5,7H,2-3H2,1H3,(H,14,18). The normalized spacial score (nSPS) is 15.0. The van der Waals surface area contributed by atoms with Gasteiger partial charge in [0.25, 0.3) is 5.56 Å². The van der Waals surface area contributed by atoms with Gasteiger partial charge in [-0.05, 0) is 31.1 Å². The fraction of sp³-hybridized carbons (Fsp3) is 0.333. The van der Waals surface area contributed by atoms with Crippen LogP contribution in [0.4, 0.5) is 4.39 Å². The second-order valence-corrected chi connectivity index (χ2v) is 4.75. The minimum absolute atomic E-state index is 0.153. The van der Waals surface area contributed by atoms with Crippen LogP contribution in [0, 0.1) is 10.6 Å². The Morgan fingerprint density at radius 3 is 2.83 bits per heavy atom. The molecule has 0 amide bonds. The molecule has 0 saturated heterocycles. The van der Waals surface area contributed by atoms with Crippen molar-refractivity contribution in [1.82, 2.24) is 9.55 Å². The fourth-order valence-corrected chi connectivity index (χ4v) is 2.43. The first-order valence-electron chi connectivity index (χ1n) is 5.64. The molecule has 1 aromatic carbocycles. The Morgan fingerprint density at radius 2 is 2.22 bits per heavy atom. The van der Waals surface area contributed by atoms with Gasteiger partial charge in [0, 0.05) is 12.1 Å². The molecule has 0 spiro atoms. The maximum atomic E-state index is 13.4. The van der Waals surface area contributed by atoms with E-state index in [4.69, 9.17) is 17.0 Å². The smallest absolute Gasteiger partial charge is 0.262 e. The molecule has 18 heavy (non-hydrogen) atoms. The Labute approximate surface area is 107 Å². The zero-order chi connectivity index (χ0) is 12.9. The number of hydrogen-bond acceptors (Lipinski definition) is 3. The number of nitrogens with zero attached hydrogens (tertiary/aromatic N) is 1. The second kappa shape index (κ2) is 3.91. The molecule has 4 nitrogen and oxygen atoms in total. The summed E-state index contributed by atoms with van der Waals surface area (Å²) in [6.07, 6.45) is 1.88. The highest BCUT2D eigenvalue weighted by Crippen LogP contribution is 2.34. The number of methoxy groups -OCH3 is 1. The highest BCUT2D eigenvalue weighted by Gasteiger charge is 2.26. The van der Waals surface area contributed by atoms with E-state index in [-0.39, 0.29) is 22.7 Å². The molecule has 0 atom stereocenters. The highest BCUT2D eigenvalue weighted by atomic mass is 32.1. The van der Waals surface area contributed by atoms with Crippen molar-refractivity contribution in [2.75, 3.05) is 7.11 Å². The van der Waals surface area contributed by atoms with E-state index in [1.807, 2.05) is 0 Å². The predicted octanol–water partition coefficient (Wildman–Crippen LogP) is 2.54. The lowest BCUT2D eigenvalue weighted by Crippen LogP contribution is -2.21. The van der Waals surface area contributed by atoms with Gasteiger partial charge in [-0.1, -0.05) is 0 Å². The van der Waals surface area contributed by atoms with E-state index >= 15 is 0 Å². The lowest BCUT2D eigenvalue weighted by molar-refractivity contribution is 0.415. The van der Waals surface area contributed by atoms with E-state index in [0.717, 1.165) is 12.8 Å². The van der Waals surface area contributed by atoms with Gasteiger partial charge >= 0.3 is 0 Å². The minimum atomic E-state index is -0.496. The van der Waals surface area contributed by atoms with Crippen LogP contribution in [-0.4, -0.2) is 16.7 Å². The van der Waals surface area contributed by atoms with Gasteiger partial charge in [0.05, 0.1) is 18.0 Å². The summed E-state index contributed by atoms with van der Waals surface area (Å²) in [7, 11) is 1.43. The van der Waals surface area contributed by atoms with Crippen LogP contribution in [0.5, 0.6) is 5.75 Å². The van der Waals surface area contributed by atoms with E-state index < -0.39 is 5.82 Å². The third-order valence-electron chi connectivity index (χ3n) is 3.10. The Bertz CT molecular complexity index is 746. The first-order chi connectivity index (χ1) is 8.61. The number of aromatic amines is 1. The van der Waals surface area contributed by atoms with E-state index in [0.29, 0.717) is 10.3 Å². The van der Waals surface area contributed by atoms with Crippen LogP contribution in [0.15, 0.2) is 16.9 Å². The summed E-state index contributed by atoms with van der Waals surface area (Å²) in [5.74, 6) is -0.208. The SMILES string of the molecule is COc1cc(F)cc2c(=O)n(C3CC3)c(=S)[nH]c12. The Morgan fingerprint density at radius 1 is 1.50 bits per heavy atom. The molecule has 1 N–H and O–H groups in total. The molecular formula is C12H11FN2O2S. The van der Waals surface area contributed by atoms with Crippen molar-refractivity contribution in [2.45, 2.75) is 18.9 Å². The van der Waals surface area contributed by atoms with Crippen LogP contribution in [0.25, 0.3) is 10.9 Å². The average molecular weight is 266 g/mol. The molecule has 6 heteroatoms. The van der Waals surface area contributed by atoms with Gasteiger partial charge in [-0.25, -0.2) is 4.39 Å². The zero-order valence-corrected chi connectivity index (χ0v) is 10.5. The molecule has 0 bridgehead atoms. The molecular weight excluding hydrogens is 255 g/mol. The van der Waals surface area contributed by atoms with Crippen molar-refractivity contribution < 1.29 is 9.13 Å². The number of nitrogens with one attached hydrogen (secondary N) is 1. The van der Waals surface area contributed by atoms with Crippen LogP contribution in [-0.2, 0) is 0 Å². The van der Waals surface area contributed by atoms with Gasteiger partial charge in [0.2, 0.25) is 0 Å². The second-order valence-electron chi connectivity index (χ2n) is 4.37. The molecule has 1 saturated carbocycles. The molecule has 1 aromatic heterocycles. The molecule has 0 unspecified atom stereocenters. The minimum Gasteiger partial charge on any atom is -0.494 e. The van der Waals surface area contributed by atoms with Crippen molar-refractivity contribution >= 4 is 23.1 Å². The third kappa shape index (κ3) is 1.64. The topological polar surface area (TPSA) is 47.0 Å². The third-order valence-corrected chi connectivity index (χ3v) is 3.40. The van der Waals surface area contributed by atoms with Gasteiger partial charge in [-0.3, -0.25) is 9.36 Å². The summed E-state index contributed by atoms with van der Waals surface area (Å²) in [6, 6.07) is 2.60. The van der Waals surface area contributed by atoms with Crippen LogP contribution in [0.2, 0.25) is 0 Å². The van der Waals surface area contributed by atoms with Crippen LogP contribution >= 0.6 is 12.2 Å². The van der Waals surface area contributed by atoms with E-state index in [2.05, 4.69) is 4.98 Å². The van der Waals surface area contributed by atoms with Gasteiger partial charge in [-0.15, -0.1) is 0 Å². The fourth-order valence-electron chi connectivity index (χ4n) is 2.09. The van der Waals surface area contributed by atoms with Crippen molar-refractivity contribution in [2.24, 2.45) is 0 Å². The van der Waals surface area contributed by atoms with E-state index in [1.54, 1.807) is 0 Å². The lowest BCUT2D eigenvalue weighted by Gasteiger charge is -2.09.